The van der Waals surface area contributed by atoms with E-state index in [-0.39, 0.29) is 23.6 Å². The summed E-state index contributed by atoms with van der Waals surface area (Å²) >= 11 is 1.28. The summed E-state index contributed by atoms with van der Waals surface area (Å²) in [6.07, 6.45) is 4.75. The lowest BCUT2D eigenvalue weighted by Gasteiger charge is -2.07. The predicted octanol–water partition coefficient (Wildman–Crippen LogP) is 1.34. The number of thioether (sulfide) groups is 1. The van der Waals surface area contributed by atoms with Crippen LogP contribution in [0, 0.1) is 0 Å². The van der Waals surface area contributed by atoms with Gasteiger partial charge in [-0.15, -0.1) is 0 Å². The molecule has 0 fully saturated rings. The minimum atomic E-state index is -0.621. The highest BCUT2D eigenvalue weighted by Gasteiger charge is 2.24. The molecule has 0 spiro atoms. The Kier molecular flexibility index (Phi) is 4.69. The lowest BCUT2D eigenvalue weighted by atomic mass is 10.1. The molecule has 0 bridgehead atoms. The summed E-state index contributed by atoms with van der Waals surface area (Å²) in [6.45, 7) is 1.90. The summed E-state index contributed by atoms with van der Waals surface area (Å²) in [5, 5.41) is 4.44. The molecule has 0 unspecified atom stereocenters. The Hall–Kier alpha value is -2.22. The van der Waals surface area contributed by atoms with Crippen LogP contribution in [0.25, 0.3) is 0 Å². The van der Waals surface area contributed by atoms with Crippen molar-refractivity contribution < 1.29 is 14.3 Å². The summed E-state index contributed by atoms with van der Waals surface area (Å²) in [5.41, 5.74) is 0.269. The Balaban J connectivity index is 2.48. The Bertz CT molecular complexity index is 684. The zero-order valence-electron chi connectivity index (χ0n) is 11.9. The molecular formula is C13H14N4O3S. The van der Waals surface area contributed by atoms with Crippen LogP contribution in [-0.4, -0.2) is 44.4 Å². The van der Waals surface area contributed by atoms with Gasteiger partial charge in [0.25, 0.3) is 0 Å². The van der Waals surface area contributed by atoms with Crippen molar-refractivity contribution in [3.8, 4) is 0 Å². The van der Waals surface area contributed by atoms with Crippen molar-refractivity contribution in [2.24, 2.45) is 7.05 Å². The van der Waals surface area contributed by atoms with Gasteiger partial charge in [0.1, 0.15) is 17.0 Å². The van der Waals surface area contributed by atoms with E-state index >= 15 is 0 Å². The molecule has 0 N–H and O–H groups in total. The van der Waals surface area contributed by atoms with Gasteiger partial charge in [0, 0.05) is 19.4 Å². The molecule has 0 saturated heterocycles. The van der Waals surface area contributed by atoms with Crippen LogP contribution in [0.3, 0.4) is 0 Å². The number of hydrogen-bond donors (Lipinski definition) is 0. The van der Waals surface area contributed by atoms with Gasteiger partial charge in [-0.2, -0.15) is 5.10 Å². The molecule has 0 aliphatic heterocycles. The number of hydrogen-bond acceptors (Lipinski definition) is 7. The monoisotopic (exact) mass is 306 g/mol. The molecule has 0 saturated carbocycles. The van der Waals surface area contributed by atoms with Gasteiger partial charge >= 0.3 is 5.97 Å². The summed E-state index contributed by atoms with van der Waals surface area (Å²) < 4.78 is 6.44. The van der Waals surface area contributed by atoms with E-state index in [2.05, 4.69) is 15.1 Å². The van der Waals surface area contributed by atoms with Crippen LogP contribution in [0.1, 0.15) is 33.5 Å². The van der Waals surface area contributed by atoms with Crippen molar-refractivity contribution in [3.63, 3.8) is 0 Å². The van der Waals surface area contributed by atoms with E-state index < -0.39 is 11.8 Å². The fourth-order valence-electron chi connectivity index (χ4n) is 1.65. The van der Waals surface area contributed by atoms with Crippen LogP contribution < -0.4 is 0 Å². The lowest BCUT2D eigenvalue weighted by molar-refractivity contribution is 0.0522. The molecule has 0 aliphatic carbocycles. The first kappa shape index (κ1) is 15.2. The molecule has 0 aliphatic rings. The van der Waals surface area contributed by atoms with E-state index in [0.717, 1.165) is 0 Å². The predicted molar refractivity (Wildman–Crippen MR) is 76.4 cm³/mol. The second kappa shape index (κ2) is 6.49. The van der Waals surface area contributed by atoms with E-state index in [1.807, 2.05) is 0 Å². The Morgan fingerprint density at radius 2 is 2.19 bits per heavy atom. The number of esters is 1. The molecule has 0 radical (unpaired) electrons. The average molecular weight is 306 g/mol. The van der Waals surface area contributed by atoms with Crippen LogP contribution >= 0.6 is 11.8 Å². The highest BCUT2D eigenvalue weighted by molar-refractivity contribution is 7.98. The fraction of sp³-hybridized carbons (Fsp3) is 0.308. The first-order valence-corrected chi connectivity index (χ1v) is 7.41. The molecule has 2 rings (SSSR count). The molecule has 2 heterocycles. The second-order valence-corrected chi connectivity index (χ2v) is 4.82. The number of carbonyl (C=O) groups is 2. The van der Waals surface area contributed by atoms with E-state index in [0.29, 0.717) is 5.16 Å². The van der Waals surface area contributed by atoms with Gasteiger partial charge in [-0.1, -0.05) is 11.8 Å². The molecule has 2 aromatic heterocycles. The Morgan fingerprint density at radius 1 is 1.43 bits per heavy atom. The number of aromatic nitrogens is 4. The SMILES string of the molecule is CCOC(=O)c1cnc(SC)nc1C(=O)c1ccn(C)n1. The van der Waals surface area contributed by atoms with Gasteiger partial charge in [-0.25, -0.2) is 14.8 Å². The highest BCUT2D eigenvalue weighted by Crippen LogP contribution is 2.16. The molecule has 0 amide bonds. The maximum atomic E-state index is 12.5. The van der Waals surface area contributed by atoms with Crippen molar-refractivity contribution in [1.29, 1.82) is 0 Å². The van der Waals surface area contributed by atoms with Crippen LogP contribution in [0.4, 0.5) is 0 Å². The van der Waals surface area contributed by atoms with Crippen molar-refractivity contribution in [1.82, 2.24) is 19.7 Å². The topological polar surface area (TPSA) is 87.0 Å². The third-order valence-electron chi connectivity index (χ3n) is 2.61. The maximum Gasteiger partial charge on any atom is 0.342 e. The zero-order valence-corrected chi connectivity index (χ0v) is 12.7. The number of rotatable bonds is 5. The number of aryl methyl sites for hydroxylation is 1. The summed E-state index contributed by atoms with van der Waals surface area (Å²) in [4.78, 5) is 32.5. The molecule has 0 atom stereocenters. The van der Waals surface area contributed by atoms with Crippen LogP contribution in [0.15, 0.2) is 23.6 Å². The minimum Gasteiger partial charge on any atom is -0.462 e. The van der Waals surface area contributed by atoms with Gasteiger partial charge in [0.2, 0.25) is 5.78 Å². The van der Waals surface area contributed by atoms with Crippen molar-refractivity contribution in [3.05, 3.63) is 35.4 Å². The second-order valence-electron chi connectivity index (χ2n) is 4.04. The molecular weight excluding hydrogens is 292 g/mol. The van der Waals surface area contributed by atoms with E-state index in [1.54, 1.807) is 32.5 Å². The van der Waals surface area contributed by atoms with Crippen LogP contribution in [-0.2, 0) is 11.8 Å². The van der Waals surface area contributed by atoms with Crippen LogP contribution in [0.5, 0.6) is 0 Å². The van der Waals surface area contributed by atoms with E-state index in [4.69, 9.17) is 4.74 Å². The van der Waals surface area contributed by atoms with Gasteiger partial charge < -0.3 is 4.74 Å². The molecule has 110 valence electrons. The molecule has 21 heavy (non-hydrogen) atoms. The molecule has 7 nitrogen and oxygen atoms in total. The first-order valence-electron chi connectivity index (χ1n) is 6.19. The normalized spacial score (nSPS) is 10.4. The van der Waals surface area contributed by atoms with Crippen LogP contribution in [0.2, 0.25) is 0 Å². The van der Waals surface area contributed by atoms with Crippen molar-refractivity contribution in [2.45, 2.75) is 12.1 Å². The third-order valence-corrected chi connectivity index (χ3v) is 3.17. The Labute approximate surface area is 125 Å². The van der Waals surface area contributed by atoms with E-state index in [9.17, 15) is 9.59 Å². The van der Waals surface area contributed by atoms with Crippen molar-refractivity contribution >= 4 is 23.5 Å². The van der Waals surface area contributed by atoms with E-state index in [1.165, 1.54) is 22.6 Å². The first-order chi connectivity index (χ1) is 10.1. The van der Waals surface area contributed by atoms with Gasteiger partial charge in [0.15, 0.2) is 5.16 Å². The zero-order chi connectivity index (χ0) is 15.4. The Morgan fingerprint density at radius 3 is 2.76 bits per heavy atom. The van der Waals surface area contributed by atoms with Gasteiger partial charge in [-0.05, 0) is 19.2 Å². The average Bonchev–Trinajstić information content (AvgIpc) is 2.92. The molecule has 0 aromatic carbocycles. The van der Waals surface area contributed by atoms with Crippen molar-refractivity contribution in [2.75, 3.05) is 12.9 Å². The maximum absolute atomic E-state index is 12.5. The number of nitrogens with zero attached hydrogens (tertiary/aromatic N) is 4. The highest BCUT2D eigenvalue weighted by atomic mass is 32.2. The smallest absolute Gasteiger partial charge is 0.342 e. The lowest BCUT2D eigenvalue weighted by Crippen LogP contribution is -2.16. The quantitative estimate of drug-likeness (QED) is 0.356. The third kappa shape index (κ3) is 3.27. The molecule has 8 heteroatoms. The number of ether oxygens (including phenoxy) is 1. The minimum absolute atomic E-state index is 0.00602. The standard InChI is InChI=1S/C13H14N4O3S/c1-4-20-12(19)8-7-14-13(21-3)15-10(8)11(18)9-5-6-17(2)16-9/h5-7H,4H2,1-3H3. The summed E-state index contributed by atoms with van der Waals surface area (Å²) in [5.74, 6) is -1.05. The number of carbonyl (C=O) groups excluding carboxylic acids is 2. The fourth-order valence-corrected chi connectivity index (χ4v) is 1.99. The van der Waals surface area contributed by atoms with Gasteiger partial charge in [0.05, 0.1) is 6.61 Å². The number of ketones is 1. The largest absolute Gasteiger partial charge is 0.462 e. The molecule has 2 aromatic rings. The summed E-state index contributed by atoms with van der Waals surface area (Å²) in [7, 11) is 1.70. The van der Waals surface area contributed by atoms with Gasteiger partial charge in [-0.3, -0.25) is 9.48 Å². The summed E-state index contributed by atoms with van der Waals surface area (Å²) in [6, 6.07) is 1.57.